The molecule has 0 radical (unpaired) electrons. The lowest BCUT2D eigenvalue weighted by atomic mass is 10.0. The lowest BCUT2D eigenvalue weighted by molar-refractivity contribution is 0.0383. The van der Waals surface area contributed by atoms with Crippen molar-refractivity contribution in [2.45, 2.75) is 25.7 Å². The van der Waals surface area contributed by atoms with Crippen LogP contribution >= 0.6 is 15.9 Å². The number of carbonyl (C=O) groups is 1. The van der Waals surface area contributed by atoms with Gasteiger partial charge in [0, 0.05) is 32.7 Å². The van der Waals surface area contributed by atoms with E-state index >= 15 is 4.39 Å². The van der Waals surface area contributed by atoms with Crippen LogP contribution in [0.3, 0.4) is 0 Å². The fourth-order valence-electron chi connectivity index (χ4n) is 4.12. The van der Waals surface area contributed by atoms with Crippen LogP contribution in [0.5, 0.6) is 0 Å². The molecule has 166 valence electrons. The predicted octanol–water partition coefficient (Wildman–Crippen LogP) is 4.10. The van der Waals surface area contributed by atoms with E-state index in [-0.39, 0.29) is 11.7 Å². The van der Waals surface area contributed by atoms with Crippen LogP contribution in [0.2, 0.25) is 0 Å². The molecule has 6 nitrogen and oxygen atoms in total. The van der Waals surface area contributed by atoms with Crippen molar-refractivity contribution in [3.8, 4) is 0 Å². The second-order valence-electron chi connectivity index (χ2n) is 8.01. The van der Waals surface area contributed by atoms with Crippen LogP contribution in [-0.2, 0) is 11.2 Å². The molecule has 0 unspecified atom stereocenters. The molecule has 2 aliphatic heterocycles. The van der Waals surface area contributed by atoms with Crippen LogP contribution in [0.1, 0.15) is 35.3 Å². The van der Waals surface area contributed by atoms with Gasteiger partial charge in [0.25, 0.3) is 5.91 Å². The summed E-state index contributed by atoms with van der Waals surface area (Å²) in [6.45, 7) is 5.67. The molecule has 2 saturated heterocycles. The van der Waals surface area contributed by atoms with Crippen molar-refractivity contribution < 1.29 is 13.9 Å². The molecule has 0 saturated carbocycles. The molecule has 2 aromatic rings. The number of benzene rings is 1. The molecular weight excluding hydrogens is 463 g/mol. The summed E-state index contributed by atoms with van der Waals surface area (Å²) in [5, 5.41) is 2.99. The molecule has 0 atom stereocenters. The summed E-state index contributed by atoms with van der Waals surface area (Å²) in [4.78, 5) is 21.6. The maximum atomic E-state index is 15.1. The van der Waals surface area contributed by atoms with Gasteiger partial charge in [0.2, 0.25) is 0 Å². The first-order valence-corrected chi connectivity index (χ1v) is 11.7. The number of hydrogen-bond acceptors (Lipinski definition) is 5. The zero-order valence-corrected chi connectivity index (χ0v) is 19.2. The third kappa shape index (κ3) is 5.81. The Bertz CT molecular complexity index is 914. The number of ether oxygens (including phenoxy) is 1. The van der Waals surface area contributed by atoms with Crippen molar-refractivity contribution in [3.05, 3.63) is 52.0 Å². The minimum absolute atomic E-state index is 0.215. The first-order chi connectivity index (χ1) is 15.1. The van der Waals surface area contributed by atoms with Gasteiger partial charge >= 0.3 is 0 Å². The highest BCUT2D eigenvalue weighted by Crippen LogP contribution is 2.32. The van der Waals surface area contributed by atoms with Gasteiger partial charge in [0.05, 0.1) is 24.6 Å². The monoisotopic (exact) mass is 490 g/mol. The quantitative estimate of drug-likeness (QED) is 0.617. The molecule has 1 aromatic carbocycles. The number of nitrogens with zero attached hydrogens (tertiary/aromatic N) is 3. The lowest BCUT2D eigenvalue weighted by Crippen LogP contribution is -2.37. The molecule has 0 bridgehead atoms. The third-order valence-electron chi connectivity index (χ3n) is 5.86. The topological polar surface area (TPSA) is 57.7 Å². The number of amides is 1. The van der Waals surface area contributed by atoms with Crippen molar-refractivity contribution in [1.82, 2.24) is 9.88 Å². The van der Waals surface area contributed by atoms with E-state index in [1.165, 1.54) is 6.42 Å². The highest BCUT2D eigenvalue weighted by atomic mass is 79.9. The number of nitrogens with one attached hydrogen (secondary N) is 1. The molecule has 0 spiro atoms. The Kier molecular flexibility index (Phi) is 7.53. The minimum atomic E-state index is -0.301. The molecule has 2 aliphatic rings. The number of pyridine rings is 1. The van der Waals surface area contributed by atoms with E-state index in [4.69, 9.17) is 4.74 Å². The second-order valence-corrected chi connectivity index (χ2v) is 8.82. The Morgan fingerprint density at radius 3 is 2.65 bits per heavy atom. The Hall–Kier alpha value is -2.03. The van der Waals surface area contributed by atoms with E-state index in [0.29, 0.717) is 28.0 Å². The van der Waals surface area contributed by atoms with Crippen LogP contribution in [0, 0.1) is 5.82 Å². The van der Waals surface area contributed by atoms with Gasteiger partial charge < -0.3 is 15.0 Å². The van der Waals surface area contributed by atoms with Gasteiger partial charge in [-0.25, -0.2) is 9.37 Å². The summed E-state index contributed by atoms with van der Waals surface area (Å²) in [6.07, 6.45) is 3.91. The Morgan fingerprint density at radius 1 is 1.13 bits per heavy atom. The first kappa shape index (κ1) is 22.2. The maximum absolute atomic E-state index is 15.1. The Balaban J connectivity index is 1.58. The van der Waals surface area contributed by atoms with E-state index in [1.807, 2.05) is 0 Å². The van der Waals surface area contributed by atoms with E-state index in [9.17, 15) is 4.79 Å². The fraction of sp³-hybridized carbons (Fsp3) is 0.478. The number of rotatable bonds is 6. The van der Waals surface area contributed by atoms with Gasteiger partial charge in [-0.3, -0.25) is 9.69 Å². The van der Waals surface area contributed by atoms with E-state index in [0.717, 1.165) is 64.5 Å². The van der Waals surface area contributed by atoms with Crippen LogP contribution in [0.4, 0.5) is 15.8 Å². The van der Waals surface area contributed by atoms with Gasteiger partial charge in [-0.15, -0.1) is 0 Å². The number of piperidine rings is 1. The fourth-order valence-corrected chi connectivity index (χ4v) is 4.46. The lowest BCUT2D eigenvalue weighted by Gasteiger charge is -2.31. The van der Waals surface area contributed by atoms with Gasteiger partial charge in [0.15, 0.2) is 0 Å². The summed E-state index contributed by atoms with van der Waals surface area (Å²) >= 11 is 3.31. The summed E-state index contributed by atoms with van der Waals surface area (Å²) in [6, 6.07) is 8.61. The molecule has 0 aliphatic carbocycles. The van der Waals surface area contributed by atoms with E-state index in [1.54, 1.807) is 30.3 Å². The molecular formula is C23H28BrFN4O2. The summed E-state index contributed by atoms with van der Waals surface area (Å²) < 4.78 is 21.0. The van der Waals surface area contributed by atoms with Crippen molar-refractivity contribution in [2.75, 3.05) is 56.2 Å². The molecule has 4 rings (SSSR count). The number of morpholine rings is 1. The number of halogens is 2. The zero-order valence-electron chi connectivity index (χ0n) is 17.6. The van der Waals surface area contributed by atoms with Gasteiger partial charge in [-0.1, -0.05) is 6.07 Å². The smallest absolute Gasteiger partial charge is 0.274 e. The van der Waals surface area contributed by atoms with Crippen molar-refractivity contribution >= 4 is 33.2 Å². The zero-order chi connectivity index (χ0) is 21.6. The van der Waals surface area contributed by atoms with E-state index in [2.05, 4.69) is 36.0 Å². The van der Waals surface area contributed by atoms with Crippen LogP contribution in [0.15, 0.2) is 34.9 Å². The molecule has 3 heterocycles. The normalized spacial score (nSPS) is 17.5. The van der Waals surface area contributed by atoms with Gasteiger partial charge in [-0.2, -0.15) is 0 Å². The molecule has 8 heteroatoms. The number of carbonyl (C=O) groups excluding carboxylic acids is 1. The molecule has 1 amide bonds. The van der Waals surface area contributed by atoms with Crippen molar-refractivity contribution in [2.24, 2.45) is 0 Å². The molecule has 1 aromatic heterocycles. The average Bonchev–Trinajstić information content (AvgIpc) is 2.80. The number of hydrogen-bond donors (Lipinski definition) is 1. The highest BCUT2D eigenvalue weighted by molar-refractivity contribution is 9.10. The van der Waals surface area contributed by atoms with Crippen LogP contribution in [0.25, 0.3) is 0 Å². The van der Waals surface area contributed by atoms with Gasteiger partial charge in [-0.05, 0) is 71.4 Å². The largest absolute Gasteiger partial charge is 0.379 e. The number of aromatic nitrogens is 1. The minimum Gasteiger partial charge on any atom is -0.379 e. The summed E-state index contributed by atoms with van der Waals surface area (Å²) in [7, 11) is 0. The maximum Gasteiger partial charge on any atom is 0.274 e. The first-order valence-electron chi connectivity index (χ1n) is 10.9. The highest BCUT2D eigenvalue weighted by Gasteiger charge is 2.20. The van der Waals surface area contributed by atoms with Crippen LogP contribution in [-0.4, -0.2) is 61.7 Å². The molecule has 2 fully saturated rings. The second kappa shape index (κ2) is 10.5. The van der Waals surface area contributed by atoms with Gasteiger partial charge in [0.1, 0.15) is 16.1 Å². The standard InChI is InChI=1S/C23H28BrFN4O2/c24-22-6-4-5-19(26-22)23(30)27-20-15-17(7-10-28-11-13-31-14-12-28)18(25)16-21(20)29-8-2-1-3-9-29/h4-6,15-16H,1-3,7-14H2,(H,27,30). The molecule has 1 N–H and O–H groups in total. The molecule has 31 heavy (non-hydrogen) atoms. The van der Waals surface area contributed by atoms with Crippen LogP contribution < -0.4 is 10.2 Å². The Morgan fingerprint density at radius 2 is 1.90 bits per heavy atom. The number of anilines is 2. The van der Waals surface area contributed by atoms with E-state index < -0.39 is 0 Å². The summed E-state index contributed by atoms with van der Waals surface area (Å²) in [5.74, 6) is -0.516. The van der Waals surface area contributed by atoms with Crippen molar-refractivity contribution in [3.63, 3.8) is 0 Å². The van der Waals surface area contributed by atoms with Crippen molar-refractivity contribution in [1.29, 1.82) is 0 Å². The predicted molar refractivity (Wildman–Crippen MR) is 123 cm³/mol. The Labute approximate surface area is 190 Å². The average molecular weight is 491 g/mol. The third-order valence-corrected chi connectivity index (χ3v) is 6.30. The summed E-state index contributed by atoms with van der Waals surface area (Å²) in [5.41, 5.74) is 2.32. The SMILES string of the molecule is O=C(Nc1cc(CCN2CCOCC2)c(F)cc1N1CCCCC1)c1cccc(Br)n1.